The van der Waals surface area contributed by atoms with Crippen LogP contribution in [-0.4, -0.2) is 26.3 Å². The Morgan fingerprint density at radius 1 is 1.25 bits per heavy atom. The van der Waals surface area contributed by atoms with E-state index in [9.17, 15) is 0 Å². The van der Waals surface area contributed by atoms with Crippen molar-refractivity contribution in [1.29, 1.82) is 0 Å². The van der Waals surface area contributed by atoms with Crippen molar-refractivity contribution < 1.29 is 4.52 Å². The van der Waals surface area contributed by atoms with Gasteiger partial charge in [-0.2, -0.15) is 5.10 Å². The third kappa shape index (κ3) is 3.19. The van der Waals surface area contributed by atoms with Crippen molar-refractivity contribution in [2.24, 2.45) is 0 Å². The molecule has 0 amide bonds. The second-order valence-electron chi connectivity index (χ2n) is 6.44. The van der Waals surface area contributed by atoms with Gasteiger partial charge in [-0.25, -0.2) is 9.50 Å². The van der Waals surface area contributed by atoms with Gasteiger partial charge >= 0.3 is 0 Å². The fraction of sp³-hybridized carbons (Fsp3) is 0.500. The molecule has 0 radical (unpaired) electrons. The van der Waals surface area contributed by atoms with Crippen LogP contribution in [0.1, 0.15) is 53.4 Å². The van der Waals surface area contributed by atoms with Crippen molar-refractivity contribution >= 4 is 5.65 Å². The number of nitrogens with zero attached hydrogens (tertiary/aromatic N) is 4. The molecule has 0 saturated carbocycles. The van der Waals surface area contributed by atoms with Gasteiger partial charge in [-0.1, -0.05) is 5.16 Å². The van der Waals surface area contributed by atoms with Crippen LogP contribution in [0.25, 0.3) is 5.65 Å². The van der Waals surface area contributed by atoms with Crippen LogP contribution in [0.3, 0.4) is 0 Å². The molecule has 1 unspecified atom stereocenters. The van der Waals surface area contributed by atoms with Crippen LogP contribution in [0.15, 0.2) is 16.8 Å². The van der Waals surface area contributed by atoms with Gasteiger partial charge < -0.3 is 9.84 Å². The first-order valence-electron chi connectivity index (χ1n) is 8.44. The maximum atomic E-state index is 5.21. The lowest BCUT2D eigenvalue weighted by atomic mass is 10.1. The molecule has 0 aliphatic heterocycles. The van der Waals surface area contributed by atoms with Crippen LogP contribution in [0.5, 0.6) is 0 Å². The molecule has 3 rings (SSSR count). The number of hydrogen-bond donors (Lipinski definition) is 1. The van der Waals surface area contributed by atoms with Crippen LogP contribution in [0.2, 0.25) is 0 Å². The van der Waals surface area contributed by atoms with Crippen molar-refractivity contribution in [1.82, 2.24) is 25.1 Å². The van der Waals surface area contributed by atoms with E-state index in [1.807, 2.05) is 37.5 Å². The van der Waals surface area contributed by atoms with Crippen LogP contribution >= 0.6 is 0 Å². The molecule has 3 aromatic heterocycles. The minimum atomic E-state index is 0.232. The third-order valence-electron chi connectivity index (χ3n) is 4.59. The Hall–Kier alpha value is -2.21. The first kappa shape index (κ1) is 16.6. The van der Waals surface area contributed by atoms with E-state index in [2.05, 4.69) is 34.4 Å². The molecule has 0 fully saturated rings. The molecule has 0 saturated heterocycles. The molecule has 6 nitrogen and oxygen atoms in total. The molecule has 128 valence electrons. The fourth-order valence-electron chi connectivity index (χ4n) is 3.15. The van der Waals surface area contributed by atoms with Gasteiger partial charge in [0.25, 0.3) is 0 Å². The lowest BCUT2D eigenvalue weighted by Crippen LogP contribution is -2.22. The SMILES string of the molecule is Cc1cc2ncc(C(C)NCCCc3c(C)noc3C)c(C)n2n1. The molecule has 3 aromatic rings. The van der Waals surface area contributed by atoms with Crippen LogP contribution in [-0.2, 0) is 6.42 Å². The van der Waals surface area contributed by atoms with Crippen molar-refractivity contribution in [2.75, 3.05) is 6.54 Å². The van der Waals surface area contributed by atoms with E-state index in [-0.39, 0.29) is 6.04 Å². The lowest BCUT2D eigenvalue weighted by molar-refractivity contribution is 0.392. The summed E-state index contributed by atoms with van der Waals surface area (Å²) in [6.45, 7) is 11.2. The summed E-state index contributed by atoms with van der Waals surface area (Å²) in [6, 6.07) is 2.23. The van der Waals surface area contributed by atoms with Gasteiger partial charge in [0, 0.05) is 35.1 Å². The molecule has 1 N–H and O–H groups in total. The zero-order valence-electron chi connectivity index (χ0n) is 15.1. The summed E-state index contributed by atoms with van der Waals surface area (Å²) in [7, 11) is 0. The van der Waals surface area contributed by atoms with E-state index < -0.39 is 0 Å². The van der Waals surface area contributed by atoms with Gasteiger partial charge in [-0.3, -0.25) is 0 Å². The van der Waals surface area contributed by atoms with Gasteiger partial charge in [-0.05, 0) is 54.0 Å². The predicted octanol–water partition coefficient (Wildman–Crippen LogP) is 3.23. The summed E-state index contributed by atoms with van der Waals surface area (Å²) in [5.41, 5.74) is 6.44. The second kappa shape index (κ2) is 6.73. The molecule has 0 aliphatic rings. The van der Waals surface area contributed by atoms with Crippen molar-refractivity contribution in [2.45, 2.75) is 53.5 Å². The molecule has 0 aliphatic carbocycles. The predicted molar refractivity (Wildman–Crippen MR) is 93.2 cm³/mol. The van der Waals surface area contributed by atoms with Gasteiger partial charge in [0.15, 0.2) is 5.65 Å². The summed E-state index contributed by atoms with van der Waals surface area (Å²) in [5, 5.41) is 12.1. The van der Waals surface area contributed by atoms with E-state index in [1.54, 1.807) is 0 Å². The molecule has 0 spiro atoms. The maximum Gasteiger partial charge on any atom is 0.155 e. The average Bonchev–Trinajstić information content (AvgIpc) is 3.07. The van der Waals surface area contributed by atoms with Crippen LogP contribution in [0, 0.1) is 27.7 Å². The standard InChI is InChI=1S/C18H25N5O/c1-11-9-18-20-10-17(14(4)23(18)21-11)12(2)19-8-6-7-16-13(3)22-24-15(16)5/h9-10,12,19H,6-8H2,1-5H3. The minimum absolute atomic E-state index is 0.232. The van der Waals surface area contributed by atoms with Crippen molar-refractivity contribution in [3.8, 4) is 0 Å². The molecular formula is C18H25N5O. The van der Waals surface area contributed by atoms with Gasteiger partial charge in [0.1, 0.15) is 5.76 Å². The molecule has 0 bridgehead atoms. The van der Waals surface area contributed by atoms with Crippen LogP contribution < -0.4 is 5.32 Å². The van der Waals surface area contributed by atoms with E-state index in [0.717, 1.165) is 47.9 Å². The molecule has 0 aromatic carbocycles. The Bertz CT molecular complexity index is 829. The Labute approximate surface area is 142 Å². The highest BCUT2D eigenvalue weighted by molar-refractivity contribution is 5.42. The largest absolute Gasteiger partial charge is 0.361 e. The highest BCUT2D eigenvalue weighted by Gasteiger charge is 2.13. The zero-order chi connectivity index (χ0) is 17.3. The lowest BCUT2D eigenvalue weighted by Gasteiger charge is -2.16. The highest BCUT2D eigenvalue weighted by atomic mass is 16.5. The Balaban J connectivity index is 1.61. The Kier molecular flexibility index (Phi) is 4.66. The summed E-state index contributed by atoms with van der Waals surface area (Å²) in [5.74, 6) is 0.931. The second-order valence-corrected chi connectivity index (χ2v) is 6.44. The topological polar surface area (TPSA) is 68.2 Å². The molecule has 24 heavy (non-hydrogen) atoms. The number of aromatic nitrogens is 4. The van der Waals surface area contributed by atoms with E-state index >= 15 is 0 Å². The van der Waals surface area contributed by atoms with E-state index in [1.165, 1.54) is 11.1 Å². The van der Waals surface area contributed by atoms with Crippen LogP contribution in [0.4, 0.5) is 0 Å². The zero-order valence-corrected chi connectivity index (χ0v) is 15.1. The maximum absolute atomic E-state index is 5.21. The van der Waals surface area contributed by atoms with Gasteiger partial charge in [-0.15, -0.1) is 0 Å². The molecular weight excluding hydrogens is 302 g/mol. The van der Waals surface area contributed by atoms with Crippen molar-refractivity contribution in [3.05, 3.63) is 46.2 Å². The monoisotopic (exact) mass is 327 g/mol. The summed E-state index contributed by atoms with van der Waals surface area (Å²) in [4.78, 5) is 4.52. The first-order valence-corrected chi connectivity index (χ1v) is 8.44. The molecule has 1 atom stereocenters. The average molecular weight is 327 g/mol. The van der Waals surface area contributed by atoms with Crippen molar-refractivity contribution in [3.63, 3.8) is 0 Å². The number of nitrogens with one attached hydrogen (secondary N) is 1. The number of rotatable bonds is 6. The number of aryl methyl sites for hydroxylation is 4. The Morgan fingerprint density at radius 3 is 2.75 bits per heavy atom. The van der Waals surface area contributed by atoms with E-state index in [4.69, 9.17) is 4.52 Å². The summed E-state index contributed by atoms with van der Waals surface area (Å²) >= 11 is 0. The highest BCUT2D eigenvalue weighted by Crippen LogP contribution is 2.18. The Morgan fingerprint density at radius 2 is 2.04 bits per heavy atom. The smallest absolute Gasteiger partial charge is 0.155 e. The molecule has 6 heteroatoms. The third-order valence-corrected chi connectivity index (χ3v) is 4.59. The number of fused-ring (bicyclic) bond motifs is 1. The van der Waals surface area contributed by atoms with Gasteiger partial charge in [0.05, 0.1) is 11.4 Å². The quantitative estimate of drug-likeness (QED) is 0.704. The minimum Gasteiger partial charge on any atom is -0.361 e. The normalized spacial score (nSPS) is 12.9. The fourth-order valence-corrected chi connectivity index (χ4v) is 3.15. The molecule has 3 heterocycles. The summed E-state index contributed by atoms with van der Waals surface area (Å²) < 4.78 is 7.14. The first-order chi connectivity index (χ1) is 11.5. The van der Waals surface area contributed by atoms with E-state index in [0.29, 0.717) is 0 Å². The summed E-state index contributed by atoms with van der Waals surface area (Å²) in [6.07, 6.45) is 3.98. The number of hydrogen-bond acceptors (Lipinski definition) is 5. The van der Waals surface area contributed by atoms with Gasteiger partial charge in [0.2, 0.25) is 0 Å².